The molecular weight excluding hydrogens is 456 g/mol. The number of hydrogen-bond acceptors (Lipinski definition) is 5. The van der Waals surface area contributed by atoms with E-state index in [1.54, 1.807) is 6.33 Å². The average molecular weight is 483 g/mol. The molecule has 1 fully saturated rings. The quantitative estimate of drug-likeness (QED) is 0.595. The molecule has 0 unspecified atom stereocenters. The third-order valence-corrected chi connectivity index (χ3v) is 6.98. The number of aryl methyl sites for hydroxylation is 3. The maximum atomic E-state index is 12.8. The van der Waals surface area contributed by atoms with Gasteiger partial charge in [-0.3, -0.25) is 4.79 Å². The molecule has 3 aromatic rings. The van der Waals surface area contributed by atoms with E-state index in [1.165, 1.54) is 19.3 Å². The third-order valence-electron chi connectivity index (χ3n) is 6.49. The summed E-state index contributed by atoms with van der Waals surface area (Å²) in [5.41, 5.74) is 3.80. The second-order valence-electron chi connectivity index (χ2n) is 8.57. The molecule has 2 aliphatic heterocycles. The number of amides is 1. The summed E-state index contributed by atoms with van der Waals surface area (Å²) in [4.78, 5) is 29.2. The zero-order chi connectivity index (χ0) is 21.4. The summed E-state index contributed by atoms with van der Waals surface area (Å²) >= 11 is 3.47. The summed E-state index contributed by atoms with van der Waals surface area (Å²) in [7, 11) is 0. The molecule has 0 bridgehead atoms. The highest BCUT2D eigenvalue weighted by atomic mass is 79.9. The van der Waals surface area contributed by atoms with Crippen LogP contribution in [0.1, 0.15) is 43.5 Å². The molecule has 0 radical (unpaired) electrons. The Morgan fingerprint density at radius 2 is 1.97 bits per heavy atom. The number of carbonyl (C=O) groups is 1. The Hall–Kier alpha value is -2.48. The summed E-state index contributed by atoms with van der Waals surface area (Å²) in [6.45, 7) is 4.59. The van der Waals surface area contributed by atoms with Crippen molar-refractivity contribution in [3.63, 3.8) is 0 Å². The summed E-state index contributed by atoms with van der Waals surface area (Å²) in [5.74, 6) is 2.16. The lowest BCUT2D eigenvalue weighted by atomic mass is 9.95. The van der Waals surface area contributed by atoms with Crippen LogP contribution >= 0.6 is 15.9 Å². The molecule has 0 atom stereocenters. The lowest BCUT2D eigenvalue weighted by molar-refractivity contribution is -0.120. The smallest absolute Gasteiger partial charge is 0.227 e. The van der Waals surface area contributed by atoms with Gasteiger partial charge in [-0.2, -0.15) is 0 Å². The van der Waals surface area contributed by atoms with Crippen LogP contribution in [-0.2, 0) is 17.8 Å². The summed E-state index contributed by atoms with van der Waals surface area (Å²) in [6, 6.07) is 5.93. The minimum Gasteiger partial charge on any atom is -0.355 e. The van der Waals surface area contributed by atoms with E-state index in [2.05, 4.69) is 40.7 Å². The highest BCUT2D eigenvalue weighted by molar-refractivity contribution is 9.10. The molecule has 0 saturated carbocycles. The number of fused-ring (bicyclic) bond motifs is 3. The third kappa shape index (κ3) is 4.05. The molecule has 0 spiro atoms. The van der Waals surface area contributed by atoms with Crippen LogP contribution in [0.25, 0.3) is 11.2 Å². The molecule has 4 heterocycles. The van der Waals surface area contributed by atoms with Crippen molar-refractivity contribution in [3.05, 3.63) is 40.4 Å². The van der Waals surface area contributed by atoms with Crippen LogP contribution in [0.2, 0.25) is 0 Å². The molecule has 1 aromatic carbocycles. The van der Waals surface area contributed by atoms with Crippen LogP contribution in [0.15, 0.2) is 29.0 Å². The fourth-order valence-electron chi connectivity index (χ4n) is 4.71. The predicted octanol–water partition coefficient (Wildman–Crippen LogP) is 4.48. The topological polar surface area (TPSA) is 75.9 Å². The second-order valence-corrected chi connectivity index (χ2v) is 9.49. The molecule has 7 nitrogen and oxygen atoms in total. The molecule has 2 aromatic heterocycles. The molecule has 0 aliphatic carbocycles. The van der Waals surface area contributed by atoms with E-state index < -0.39 is 0 Å². The lowest BCUT2D eigenvalue weighted by Gasteiger charge is -2.32. The number of rotatable bonds is 3. The first-order chi connectivity index (χ1) is 15.1. The molecule has 1 amide bonds. The van der Waals surface area contributed by atoms with Gasteiger partial charge in [0.1, 0.15) is 12.2 Å². The van der Waals surface area contributed by atoms with Gasteiger partial charge in [0.2, 0.25) is 5.91 Å². The molecule has 162 valence electrons. The Morgan fingerprint density at radius 1 is 1.13 bits per heavy atom. The maximum absolute atomic E-state index is 12.8. The van der Waals surface area contributed by atoms with Gasteiger partial charge in [-0.25, -0.2) is 15.0 Å². The van der Waals surface area contributed by atoms with E-state index in [-0.39, 0.29) is 11.8 Å². The molecule has 8 heteroatoms. The predicted molar refractivity (Wildman–Crippen MR) is 125 cm³/mol. The molecule has 2 aliphatic rings. The van der Waals surface area contributed by atoms with Crippen LogP contribution in [0.4, 0.5) is 11.5 Å². The molecule has 1 saturated heterocycles. The van der Waals surface area contributed by atoms with Crippen molar-refractivity contribution < 1.29 is 4.79 Å². The second kappa shape index (κ2) is 8.57. The van der Waals surface area contributed by atoms with Gasteiger partial charge in [-0.15, -0.1) is 0 Å². The number of anilines is 2. The van der Waals surface area contributed by atoms with E-state index >= 15 is 0 Å². The number of piperidine rings is 1. The fraction of sp³-hybridized carbons (Fsp3) is 0.478. The molecule has 5 rings (SSSR count). The van der Waals surface area contributed by atoms with Gasteiger partial charge in [-0.05, 0) is 56.4 Å². The Labute approximate surface area is 190 Å². The number of carbonyl (C=O) groups excluding carboxylic acids is 1. The van der Waals surface area contributed by atoms with Crippen LogP contribution in [-0.4, -0.2) is 38.5 Å². The van der Waals surface area contributed by atoms with Crippen LogP contribution in [0.3, 0.4) is 0 Å². The van der Waals surface area contributed by atoms with Crippen molar-refractivity contribution in [2.24, 2.45) is 5.92 Å². The number of benzene rings is 1. The van der Waals surface area contributed by atoms with Gasteiger partial charge >= 0.3 is 0 Å². The van der Waals surface area contributed by atoms with Crippen molar-refractivity contribution in [1.29, 1.82) is 0 Å². The van der Waals surface area contributed by atoms with Gasteiger partial charge in [-0.1, -0.05) is 22.4 Å². The Balaban J connectivity index is 1.29. The van der Waals surface area contributed by atoms with Gasteiger partial charge in [0.15, 0.2) is 17.0 Å². The zero-order valence-electron chi connectivity index (χ0n) is 17.8. The highest BCUT2D eigenvalue weighted by Gasteiger charge is 2.28. The number of aromatic nitrogens is 4. The zero-order valence-corrected chi connectivity index (χ0v) is 19.4. The van der Waals surface area contributed by atoms with Crippen LogP contribution < -0.4 is 10.2 Å². The first-order valence-electron chi connectivity index (χ1n) is 11.1. The lowest BCUT2D eigenvalue weighted by Crippen LogP contribution is -2.38. The van der Waals surface area contributed by atoms with E-state index in [9.17, 15) is 4.79 Å². The van der Waals surface area contributed by atoms with Gasteiger partial charge in [0, 0.05) is 42.1 Å². The molecule has 1 N–H and O–H groups in total. The Morgan fingerprint density at radius 3 is 2.77 bits per heavy atom. The summed E-state index contributed by atoms with van der Waals surface area (Å²) in [6.07, 6.45) is 7.89. The number of imidazole rings is 1. The first-order valence-corrected chi connectivity index (χ1v) is 11.9. The SMILES string of the molecule is Cc1cc(Br)ccc1NC(=O)C1CCN(c2ncnc3c2nc2n3CCCCC2)CC1. The summed E-state index contributed by atoms with van der Waals surface area (Å²) in [5, 5.41) is 3.11. The van der Waals surface area contributed by atoms with Crippen molar-refractivity contribution in [3.8, 4) is 0 Å². The molecule has 31 heavy (non-hydrogen) atoms. The number of nitrogens with zero attached hydrogens (tertiary/aromatic N) is 5. The van der Waals surface area contributed by atoms with E-state index in [0.29, 0.717) is 0 Å². The van der Waals surface area contributed by atoms with Crippen molar-refractivity contribution in [2.75, 3.05) is 23.3 Å². The molecular formula is C23H27BrN6O. The minimum absolute atomic E-state index is 0.00957. The Bertz CT molecular complexity index is 1120. The van der Waals surface area contributed by atoms with Gasteiger partial charge in [0.05, 0.1) is 0 Å². The van der Waals surface area contributed by atoms with Crippen molar-refractivity contribution >= 4 is 44.5 Å². The van der Waals surface area contributed by atoms with Gasteiger partial charge in [0.25, 0.3) is 0 Å². The summed E-state index contributed by atoms with van der Waals surface area (Å²) < 4.78 is 3.29. The normalized spacial score (nSPS) is 17.4. The van der Waals surface area contributed by atoms with E-state index in [0.717, 1.165) is 77.4 Å². The van der Waals surface area contributed by atoms with Gasteiger partial charge < -0.3 is 14.8 Å². The number of halogens is 1. The van der Waals surface area contributed by atoms with Crippen molar-refractivity contribution in [2.45, 2.75) is 52.0 Å². The monoisotopic (exact) mass is 482 g/mol. The largest absolute Gasteiger partial charge is 0.355 e. The Kier molecular flexibility index (Phi) is 5.65. The van der Waals surface area contributed by atoms with E-state index in [1.807, 2.05) is 25.1 Å². The maximum Gasteiger partial charge on any atom is 0.227 e. The van der Waals surface area contributed by atoms with Crippen LogP contribution in [0, 0.1) is 12.8 Å². The fourth-order valence-corrected chi connectivity index (χ4v) is 5.19. The number of nitrogens with one attached hydrogen (secondary N) is 1. The standard InChI is InChI=1S/C23H27BrN6O/c1-15-13-17(24)6-7-18(15)27-23(31)16-8-11-29(12-9-16)21-20-22(26-14-25-21)30-10-4-2-3-5-19(30)28-20/h6-7,13-14,16H,2-5,8-12H2,1H3,(H,27,31). The highest BCUT2D eigenvalue weighted by Crippen LogP contribution is 2.30. The van der Waals surface area contributed by atoms with Crippen LogP contribution in [0.5, 0.6) is 0 Å². The average Bonchev–Trinajstić information content (AvgIpc) is 2.96. The van der Waals surface area contributed by atoms with E-state index in [4.69, 9.17) is 4.98 Å². The first kappa shape index (κ1) is 20.4. The van der Waals surface area contributed by atoms with Crippen molar-refractivity contribution in [1.82, 2.24) is 19.5 Å². The minimum atomic E-state index is 0.00957. The number of hydrogen-bond donors (Lipinski definition) is 1.